The Morgan fingerprint density at radius 3 is 2.86 bits per heavy atom. The van der Waals surface area contributed by atoms with Gasteiger partial charge >= 0.3 is 0 Å². The summed E-state index contributed by atoms with van der Waals surface area (Å²) in [7, 11) is 0. The second kappa shape index (κ2) is 6.81. The summed E-state index contributed by atoms with van der Waals surface area (Å²) in [4.78, 5) is 29.8. The van der Waals surface area contributed by atoms with Crippen LogP contribution in [0.4, 0.5) is 5.13 Å². The molecular weight excluding hydrogens is 310 g/mol. The summed E-state index contributed by atoms with van der Waals surface area (Å²) in [6, 6.07) is 1.40. The van der Waals surface area contributed by atoms with Gasteiger partial charge in [-0.05, 0) is 6.92 Å². The zero-order chi connectivity index (χ0) is 15.4. The molecule has 0 saturated heterocycles. The Morgan fingerprint density at radius 1 is 1.48 bits per heavy atom. The monoisotopic (exact) mass is 325 g/mol. The van der Waals surface area contributed by atoms with Gasteiger partial charge in [-0.3, -0.25) is 14.9 Å². The lowest BCUT2D eigenvalue weighted by Crippen LogP contribution is -2.15. The van der Waals surface area contributed by atoms with E-state index in [-0.39, 0.29) is 23.1 Å². The Labute approximate surface area is 129 Å². The number of hydrogen-bond acceptors (Lipinski definition) is 7. The van der Waals surface area contributed by atoms with Crippen molar-refractivity contribution >= 4 is 34.1 Å². The number of nitrogens with zero attached hydrogens (tertiary/aromatic N) is 3. The maximum Gasteiger partial charge on any atom is 0.251 e. The van der Waals surface area contributed by atoms with Crippen molar-refractivity contribution in [2.45, 2.75) is 31.8 Å². The summed E-state index contributed by atoms with van der Waals surface area (Å²) in [5, 5.41) is 12.4. The first-order chi connectivity index (χ1) is 9.94. The first-order valence-corrected chi connectivity index (χ1v) is 8.08. The number of aromatic amines is 1. The molecule has 9 heteroatoms. The van der Waals surface area contributed by atoms with Gasteiger partial charge in [-0.1, -0.05) is 36.9 Å². The van der Waals surface area contributed by atoms with Gasteiger partial charge in [0, 0.05) is 17.7 Å². The van der Waals surface area contributed by atoms with E-state index >= 15 is 0 Å². The molecule has 0 aliphatic carbocycles. The topological polar surface area (TPSA) is 101 Å². The second-order valence-electron chi connectivity index (χ2n) is 4.63. The third-order valence-corrected chi connectivity index (χ3v) is 4.38. The van der Waals surface area contributed by atoms with Crippen molar-refractivity contribution in [1.82, 2.24) is 20.2 Å². The van der Waals surface area contributed by atoms with Crippen molar-refractivity contribution in [2.75, 3.05) is 11.1 Å². The second-order valence-corrected chi connectivity index (χ2v) is 6.60. The fourth-order valence-corrected chi connectivity index (χ4v) is 2.91. The predicted octanol–water partition coefficient (Wildman–Crippen LogP) is 1.78. The van der Waals surface area contributed by atoms with Crippen LogP contribution in [0.25, 0.3) is 0 Å². The van der Waals surface area contributed by atoms with Crippen LogP contribution in [0.15, 0.2) is 16.0 Å². The molecule has 0 aliphatic heterocycles. The van der Waals surface area contributed by atoms with Crippen LogP contribution in [-0.2, 0) is 4.79 Å². The molecule has 2 aromatic rings. The molecule has 0 atom stereocenters. The number of amides is 1. The molecule has 2 aromatic heterocycles. The van der Waals surface area contributed by atoms with E-state index in [1.165, 1.54) is 29.2 Å². The Bertz CT molecular complexity index is 695. The van der Waals surface area contributed by atoms with Crippen LogP contribution in [0.1, 0.15) is 30.5 Å². The lowest BCUT2D eigenvalue weighted by atomic mass is 10.2. The molecule has 0 unspecified atom stereocenters. The Balaban J connectivity index is 1.91. The minimum Gasteiger partial charge on any atom is -0.301 e. The van der Waals surface area contributed by atoms with E-state index in [2.05, 4.69) is 25.5 Å². The highest BCUT2D eigenvalue weighted by atomic mass is 32.2. The Morgan fingerprint density at radius 2 is 2.24 bits per heavy atom. The summed E-state index contributed by atoms with van der Waals surface area (Å²) in [5.41, 5.74) is 0.392. The van der Waals surface area contributed by atoms with E-state index in [9.17, 15) is 9.59 Å². The van der Waals surface area contributed by atoms with Crippen LogP contribution in [0, 0.1) is 6.92 Å². The third-order valence-electron chi connectivity index (χ3n) is 2.37. The number of H-pyrrole nitrogens is 1. The number of thioether (sulfide) groups is 1. The van der Waals surface area contributed by atoms with Crippen LogP contribution in [0.2, 0.25) is 0 Å². The van der Waals surface area contributed by atoms with E-state index in [1.54, 1.807) is 6.92 Å². The van der Waals surface area contributed by atoms with Crippen LogP contribution < -0.4 is 10.9 Å². The predicted molar refractivity (Wildman–Crippen MR) is 82.9 cm³/mol. The molecule has 0 saturated carbocycles. The molecule has 2 rings (SSSR count). The van der Waals surface area contributed by atoms with E-state index in [4.69, 9.17) is 0 Å². The van der Waals surface area contributed by atoms with E-state index in [1.807, 2.05) is 13.8 Å². The Kier molecular flexibility index (Phi) is 5.07. The van der Waals surface area contributed by atoms with Gasteiger partial charge in [0.2, 0.25) is 11.0 Å². The zero-order valence-corrected chi connectivity index (χ0v) is 13.5. The molecule has 0 aromatic carbocycles. The van der Waals surface area contributed by atoms with Gasteiger partial charge in [0.05, 0.1) is 5.75 Å². The number of rotatable bonds is 5. The number of carbonyl (C=O) groups excluding carboxylic acids is 1. The molecule has 21 heavy (non-hydrogen) atoms. The molecule has 0 fully saturated rings. The highest BCUT2D eigenvalue weighted by molar-refractivity contribution is 7.99. The van der Waals surface area contributed by atoms with Crippen molar-refractivity contribution in [3.8, 4) is 0 Å². The van der Waals surface area contributed by atoms with Gasteiger partial charge in [0.15, 0.2) is 5.16 Å². The highest BCUT2D eigenvalue weighted by Gasteiger charge is 2.11. The fourth-order valence-electron chi connectivity index (χ4n) is 1.43. The average molecular weight is 325 g/mol. The summed E-state index contributed by atoms with van der Waals surface area (Å²) in [6.45, 7) is 5.76. The lowest BCUT2D eigenvalue weighted by molar-refractivity contribution is -0.113. The molecule has 112 valence electrons. The van der Waals surface area contributed by atoms with E-state index in [0.717, 1.165) is 5.01 Å². The average Bonchev–Trinajstić information content (AvgIpc) is 2.84. The molecule has 2 N–H and O–H groups in total. The normalized spacial score (nSPS) is 10.9. The minimum atomic E-state index is -0.226. The Hall–Kier alpha value is -1.74. The maximum atomic E-state index is 11.8. The molecule has 0 bridgehead atoms. The van der Waals surface area contributed by atoms with Gasteiger partial charge in [-0.2, -0.15) is 0 Å². The third kappa shape index (κ3) is 4.64. The van der Waals surface area contributed by atoms with Crippen molar-refractivity contribution in [3.63, 3.8) is 0 Å². The van der Waals surface area contributed by atoms with E-state index < -0.39 is 0 Å². The molecule has 7 nitrogen and oxygen atoms in total. The summed E-state index contributed by atoms with van der Waals surface area (Å²) in [6.07, 6.45) is 0. The van der Waals surface area contributed by atoms with Gasteiger partial charge in [0.1, 0.15) is 5.01 Å². The van der Waals surface area contributed by atoms with Crippen LogP contribution in [0.3, 0.4) is 0 Å². The summed E-state index contributed by atoms with van der Waals surface area (Å²) >= 11 is 2.53. The highest BCUT2D eigenvalue weighted by Crippen LogP contribution is 2.22. The standard InChI is InChI=1S/C12H15N5O2S2/c1-6(2)10-16-17-12(21-10)15-9(19)5-20-11-13-7(3)4-8(18)14-11/h4,6H,5H2,1-3H3,(H,13,14,18)(H,15,17,19). The number of aryl methyl sites for hydroxylation is 1. The van der Waals surface area contributed by atoms with Crippen molar-refractivity contribution in [2.24, 2.45) is 0 Å². The van der Waals surface area contributed by atoms with Gasteiger partial charge in [-0.25, -0.2) is 4.98 Å². The quantitative estimate of drug-likeness (QED) is 0.642. The maximum absolute atomic E-state index is 11.8. The smallest absolute Gasteiger partial charge is 0.251 e. The van der Waals surface area contributed by atoms with Crippen molar-refractivity contribution < 1.29 is 4.79 Å². The van der Waals surface area contributed by atoms with Crippen molar-refractivity contribution in [1.29, 1.82) is 0 Å². The SMILES string of the molecule is Cc1cc(=O)[nH]c(SCC(=O)Nc2nnc(C(C)C)s2)n1. The number of nitrogens with one attached hydrogen (secondary N) is 2. The first-order valence-electron chi connectivity index (χ1n) is 6.28. The molecule has 1 amide bonds. The number of hydrogen-bond donors (Lipinski definition) is 2. The molecule has 2 heterocycles. The molecule has 0 aliphatic rings. The van der Waals surface area contributed by atoms with Gasteiger partial charge in [0.25, 0.3) is 5.56 Å². The number of aromatic nitrogens is 4. The molecular formula is C12H15N5O2S2. The summed E-state index contributed by atoms with van der Waals surface area (Å²) in [5.74, 6) is 0.211. The lowest BCUT2D eigenvalue weighted by Gasteiger charge is -2.01. The largest absolute Gasteiger partial charge is 0.301 e. The molecule has 0 radical (unpaired) electrons. The number of anilines is 1. The molecule has 0 spiro atoms. The van der Waals surface area contributed by atoms with Crippen LogP contribution in [0.5, 0.6) is 0 Å². The zero-order valence-electron chi connectivity index (χ0n) is 11.8. The van der Waals surface area contributed by atoms with Crippen LogP contribution >= 0.6 is 23.1 Å². The van der Waals surface area contributed by atoms with Crippen LogP contribution in [-0.4, -0.2) is 31.8 Å². The van der Waals surface area contributed by atoms with Gasteiger partial charge < -0.3 is 4.98 Å². The minimum absolute atomic E-state index is 0.142. The van der Waals surface area contributed by atoms with Crippen molar-refractivity contribution in [3.05, 3.63) is 27.1 Å². The fraction of sp³-hybridized carbons (Fsp3) is 0.417. The summed E-state index contributed by atoms with van der Waals surface area (Å²) < 4.78 is 0. The number of carbonyl (C=O) groups is 1. The van der Waals surface area contributed by atoms with Gasteiger partial charge in [-0.15, -0.1) is 10.2 Å². The first kappa shape index (κ1) is 15.6. The van der Waals surface area contributed by atoms with E-state index in [0.29, 0.717) is 16.0 Å².